The van der Waals surface area contributed by atoms with Gasteiger partial charge in [-0.15, -0.1) is 0 Å². The van der Waals surface area contributed by atoms with Crippen LogP contribution in [-0.4, -0.2) is 16.3 Å². The summed E-state index contributed by atoms with van der Waals surface area (Å²) in [5, 5.41) is 8.07. The lowest BCUT2D eigenvalue weighted by Crippen LogP contribution is -2.08. The van der Waals surface area contributed by atoms with Crippen molar-refractivity contribution in [3.8, 4) is 16.9 Å². The molecule has 1 aliphatic rings. The maximum absolute atomic E-state index is 13.6. The highest BCUT2D eigenvalue weighted by Crippen LogP contribution is 2.40. The summed E-state index contributed by atoms with van der Waals surface area (Å²) < 4.78 is 42.6. The molecule has 146 valence electrons. The monoisotopic (exact) mass is 385 g/mol. The van der Waals surface area contributed by atoms with Crippen molar-refractivity contribution in [2.45, 2.75) is 39.3 Å². The molecule has 0 bridgehead atoms. The van der Waals surface area contributed by atoms with Crippen molar-refractivity contribution in [1.82, 2.24) is 9.78 Å². The Hall–Kier alpha value is -2.76. The molecule has 6 heteroatoms. The SMILES string of the molecule is Cc1ccc(-n2nc(-c3ccccc3C(F)(F)F)c3c2NCCCC3)cc1C. The number of anilines is 1. The zero-order valence-corrected chi connectivity index (χ0v) is 15.9. The van der Waals surface area contributed by atoms with Crippen molar-refractivity contribution in [1.29, 1.82) is 0 Å². The van der Waals surface area contributed by atoms with Crippen LogP contribution in [0.25, 0.3) is 16.9 Å². The third-order valence-electron chi connectivity index (χ3n) is 5.35. The van der Waals surface area contributed by atoms with Crippen molar-refractivity contribution >= 4 is 5.82 Å². The molecule has 0 unspecified atom stereocenters. The van der Waals surface area contributed by atoms with Gasteiger partial charge in [0.05, 0.1) is 16.9 Å². The van der Waals surface area contributed by atoms with E-state index in [9.17, 15) is 13.2 Å². The highest BCUT2D eigenvalue weighted by Gasteiger charge is 2.35. The predicted octanol–water partition coefficient (Wildman–Crippen LogP) is 5.92. The number of rotatable bonds is 2. The summed E-state index contributed by atoms with van der Waals surface area (Å²) in [5.41, 5.74) is 3.89. The van der Waals surface area contributed by atoms with E-state index in [0.29, 0.717) is 12.1 Å². The Bertz CT molecular complexity index is 1020. The molecule has 1 aliphatic heterocycles. The maximum atomic E-state index is 13.6. The van der Waals surface area contributed by atoms with Gasteiger partial charge in [-0.05, 0) is 62.4 Å². The van der Waals surface area contributed by atoms with Crippen LogP contribution in [-0.2, 0) is 12.6 Å². The molecular formula is C22H22F3N3. The summed E-state index contributed by atoms with van der Waals surface area (Å²) in [4.78, 5) is 0. The quantitative estimate of drug-likeness (QED) is 0.593. The standard InChI is InChI=1S/C22H22F3N3/c1-14-10-11-16(13-15(14)2)28-21-18(8-5-6-12-26-21)20(27-28)17-7-3-4-9-19(17)22(23,24)25/h3-4,7,9-11,13,26H,5-6,8,12H2,1-2H3. The van der Waals surface area contributed by atoms with Crippen LogP contribution in [0.5, 0.6) is 0 Å². The van der Waals surface area contributed by atoms with Crippen LogP contribution >= 0.6 is 0 Å². The number of aromatic nitrogens is 2. The molecule has 2 aromatic carbocycles. The van der Waals surface area contributed by atoms with E-state index in [2.05, 4.69) is 10.4 Å². The van der Waals surface area contributed by atoms with Gasteiger partial charge >= 0.3 is 6.18 Å². The minimum atomic E-state index is -4.42. The van der Waals surface area contributed by atoms with E-state index in [1.54, 1.807) is 10.7 Å². The van der Waals surface area contributed by atoms with Crippen LogP contribution in [0.15, 0.2) is 42.5 Å². The molecule has 0 amide bonds. The van der Waals surface area contributed by atoms with Crippen molar-refractivity contribution < 1.29 is 13.2 Å². The molecule has 0 saturated heterocycles. The lowest BCUT2D eigenvalue weighted by Gasteiger charge is -2.12. The molecule has 0 aliphatic carbocycles. The van der Waals surface area contributed by atoms with E-state index in [4.69, 9.17) is 0 Å². The summed E-state index contributed by atoms with van der Waals surface area (Å²) >= 11 is 0. The van der Waals surface area contributed by atoms with Crippen LogP contribution in [0.3, 0.4) is 0 Å². The first-order valence-corrected chi connectivity index (χ1v) is 9.46. The third-order valence-corrected chi connectivity index (χ3v) is 5.35. The molecule has 2 heterocycles. The molecular weight excluding hydrogens is 363 g/mol. The first-order valence-electron chi connectivity index (χ1n) is 9.46. The number of hydrogen-bond acceptors (Lipinski definition) is 2. The molecule has 3 aromatic rings. The summed E-state index contributed by atoms with van der Waals surface area (Å²) in [7, 11) is 0. The van der Waals surface area contributed by atoms with Crippen molar-refractivity contribution in [3.63, 3.8) is 0 Å². The molecule has 0 atom stereocenters. The summed E-state index contributed by atoms with van der Waals surface area (Å²) in [5.74, 6) is 0.799. The van der Waals surface area contributed by atoms with Crippen LogP contribution in [0.4, 0.5) is 19.0 Å². The third kappa shape index (κ3) is 3.28. The van der Waals surface area contributed by atoms with Gasteiger partial charge in [-0.1, -0.05) is 24.3 Å². The largest absolute Gasteiger partial charge is 0.417 e. The second-order valence-corrected chi connectivity index (χ2v) is 7.28. The molecule has 3 nitrogen and oxygen atoms in total. The molecule has 1 N–H and O–H groups in total. The Morgan fingerprint density at radius 2 is 1.79 bits per heavy atom. The zero-order chi connectivity index (χ0) is 19.9. The van der Waals surface area contributed by atoms with Gasteiger partial charge in [0.2, 0.25) is 0 Å². The van der Waals surface area contributed by atoms with Crippen LogP contribution < -0.4 is 5.32 Å². The fourth-order valence-corrected chi connectivity index (χ4v) is 3.70. The fraction of sp³-hybridized carbons (Fsp3) is 0.318. The minimum Gasteiger partial charge on any atom is -0.370 e. The van der Waals surface area contributed by atoms with Gasteiger partial charge in [0.1, 0.15) is 5.82 Å². The number of nitrogens with zero attached hydrogens (tertiary/aromatic N) is 2. The Morgan fingerprint density at radius 3 is 2.54 bits per heavy atom. The lowest BCUT2D eigenvalue weighted by molar-refractivity contribution is -0.137. The summed E-state index contributed by atoms with van der Waals surface area (Å²) in [6, 6.07) is 11.7. The Labute approximate surface area is 162 Å². The zero-order valence-electron chi connectivity index (χ0n) is 15.9. The number of fused-ring (bicyclic) bond motifs is 1. The highest BCUT2D eigenvalue weighted by atomic mass is 19.4. The van der Waals surface area contributed by atoms with Gasteiger partial charge in [-0.3, -0.25) is 0 Å². The lowest BCUT2D eigenvalue weighted by atomic mass is 9.99. The first-order chi connectivity index (χ1) is 13.4. The van der Waals surface area contributed by atoms with E-state index >= 15 is 0 Å². The van der Waals surface area contributed by atoms with Gasteiger partial charge in [-0.2, -0.15) is 18.3 Å². The number of hydrogen-bond donors (Lipinski definition) is 1. The number of nitrogens with one attached hydrogen (secondary N) is 1. The van der Waals surface area contributed by atoms with Gasteiger partial charge in [0.15, 0.2) is 0 Å². The topological polar surface area (TPSA) is 29.9 Å². The van der Waals surface area contributed by atoms with E-state index in [1.807, 2.05) is 32.0 Å². The average Bonchev–Trinajstić information content (AvgIpc) is 2.84. The molecule has 0 fully saturated rings. The van der Waals surface area contributed by atoms with Gasteiger partial charge in [-0.25, -0.2) is 4.68 Å². The first kappa shape index (κ1) is 18.6. The van der Waals surface area contributed by atoms with Gasteiger partial charge < -0.3 is 5.32 Å². The minimum absolute atomic E-state index is 0.137. The Balaban J connectivity index is 1.95. The van der Waals surface area contributed by atoms with Crippen LogP contribution in [0, 0.1) is 13.8 Å². The van der Waals surface area contributed by atoms with Crippen LogP contribution in [0.2, 0.25) is 0 Å². The number of benzene rings is 2. The smallest absolute Gasteiger partial charge is 0.370 e. The Kier molecular flexibility index (Phi) is 4.65. The molecule has 28 heavy (non-hydrogen) atoms. The maximum Gasteiger partial charge on any atom is 0.417 e. The second kappa shape index (κ2) is 7.00. The molecule has 0 spiro atoms. The highest BCUT2D eigenvalue weighted by molar-refractivity contribution is 5.74. The fourth-order valence-electron chi connectivity index (χ4n) is 3.70. The van der Waals surface area contributed by atoms with E-state index in [1.165, 1.54) is 12.1 Å². The van der Waals surface area contributed by atoms with E-state index < -0.39 is 11.7 Å². The van der Waals surface area contributed by atoms with E-state index in [-0.39, 0.29) is 5.56 Å². The number of aryl methyl sites for hydroxylation is 2. The number of alkyl halides is 3. The van der Waals surface area contributed by atoms with Gasteiger partial charge in [0.25, 0.3) is 0 Å². The molecule has 1 aromatic heterocycles. The summed E-state index contributed by atoms with van der Waals surface area (Å²) in [6.07, 6.45) is -1.83. The second-order valence-electron chi connectivity index (χ2n) is 7.28. The predicted molar refractivity (Wildman–Crippen MR) is 105 cm³/mol. The van der Waals surface area contributed by atoms with Crippen molar-refractivity contribution in [3.05, 3.63) is 64.7 Å². The molecule has 0 radical (unpaired) electrons. The normalized spacial score (nSPS) is 14.3. The average molecular weight is 385 g/mol. The Morgan fingerprint density at radius 1 is 1.00 bits per heavy atom. The van der Waals surface area contributed by atoms with Crippen molar-refractivity contribution in [2.24, 2.45) is 0 Å². The van der Waals surface area contributed by atoms with Crippen LogP contribution in [0.1, 0.15) is 35.1 Å². The summed E-state index contributed by atoms with van der Waals surface area (Å²) in [6.45, 7) is 4.84. The van der Waals surface area contributed by atoms with E-state index in [0.717, 1.165) is 53.6 Å². The molecule has 4 rings (SSSR count). The number of halogens is 3. The molecule has 0 saturated carbocycles. The van der Waals surface area contributed by atoms with Gasteiger partial charge in [0, 0.05) is 17.7 Å². The van der Waals surface area contributed by atoms with Crippen molar-refractivity contribution in [2.75, 3.05) is 11.9 Å².